The standard InChI is InChI=1S/C18H18BrNO/c1-11-4-5-12(2)15(8-11)18(19)13-6-7-16-14(9-13)10-17(21)20(16)3/h4-9,18H,10H2,1-3H3. The number of alkyl halides is 1. The van der Waals surface area contributed by atoms with E-state index in [1.807, 2.05) is 7.05 Å². The fourth-order valence-electron chi connectivity index (χ4n) is 2.86. The minimum atomic E-state index is 0.156. The second-order valence-electron chi connectivity index (χ2n) is 5.74. The fraction of sp³-hybridized carbons (Fsp3) is 0.278. The second kappa shape index (κ2) is 5.30. The van der Waals surface area contributed by atoms with Crippen molar-refractivity contribution in [3.05, 3.63) is 64.2 Å². The summed E-state index contributed by atoms with van der Waals surface area (Å²) in [7, 11) is 1.84. The van der Waals surface area contributed by atoms with Crippen LogP contribution >= 0.6 is 15.9 Å². The zero-order chi connectivity index (χ0) is 15.1. The highest BCUT2D eigenvalue weighted by atomic mass is 79.9. The number of nitrogens with zero attached hydrogens (tertiary/aromatic N) is 1. The Balaban J connectivity index is 2.00. The average molecular weight is 344 g/mol. The van der Waals surface area contributed by atoms with E-state index in [0.717, 1.165) is 11.3 Å². The van der Waals surface area contributed by atoms with Crippen LogP contribution in [0.1, 0.15) is 32.6 Å². The number of rotatable bonds is 2. The molecular weight excluding hydrogens is 326 g/mol. The molecule has 0 aromatic heterocycles. The highest BCUT2D eigenvalue weighted by molar-refractivity contribution is 9.09. The minimum absolute atomic E-state index is 0.156. The molecule has 1 aliphatic heterocycles. The minimum Gasteiger partial charge on any atom is -0.315 e. The van der Waals surface area contributed by atoms with E-state index in [-0.39, 0.29) is 10.7 Å². The Morgan fingerprint density at radius 3 is 2.67 bits per heavy atom. The predicted octanol–water partition coefficient (Wildman–Crippen LogP) is 4.31. The van der Waals surface area contributed by atoms with Gasteiger partial charge in [0.15, 0.2) is 0 Å². The predicted molar refractivity (Wildman–Crippen MR) is 90.2 cm³/mol. The summed E-state index contributed by atoms with van der Waals surface area (Å²) in [5, 5.41) is 0. The van der Waals surface area contributed by atoms with E-state index in [0.29, 0.717) is 6.42 Å². The number of hydrogen-bond donors (Lipinski definition) is 0. The first-order chi connectivity index (χ1) is 9.97. The van der Waals surface area contributed by atoms with Crippen LogP contribution in [-0.4, -0.2) is 13.0 Å². The van der Waals surface area contributed by atoms with Crippen molar-refractivity contribution in [3.63, 3.8) is 0 Å². The first kappa shape index (κ1) is 14.3. The number of aryl methyl sites for hydroxylation is 2. The van der Waals surface area contributed by atoms with Crippen LogP contribution < -0.4 is 4.90 Å². The van der Waals surface area contributed by atoms with E-state index in [9.17, 15) is 4.79 Å². The molecule has 0 saturated heterocycles. The summed E-state index contributed by atoms with van der Waals surface area (Å²) in [6, 6.07) is 12.8. The first-order valence-electron chi connectivity index (χ1n) is 7.08. The zero-order valence-electron chi connectivity index (χ0n) is 12.5. The lowest BCUT2D eigenvalue weighted by Crippen LogP contribution is -2.20. The van der Waals surface area contributed by atoms with Gasteiger partial charge in [-0.15, -0.1) is 0 Å². The summed E-state index contributed by atoms with van der Waals surface area (Å²) < 4.78 is 0. The summed E-state index contributed by atoms with van der Waals surface area (Å²) in [5.41, 5.74) is 7.17. The van der Waals surface area contributed by atoms with Crippen LogP contribution in [0.2, 0.25) is 0 Å². The summed E-state index contributed by atoms with van der Waals surface area (Å²) in [4.78, 5) is 13.7. The Morgan fingerprint density at radius 2 is 1.90 bits per heavy atom. The molecule has 21 heavy (non-hydrogen) atoms. The lowest BCUT2D eigenvalue weighted by atomic mass is 9.97. The van der Waals surface area contributed by atoms with Gasteiger partial charge in [0.25, 0.3) is 0 Å². The number of benzene rings is 2. The summed E-state index contributed by atoms with van der Waals surface area (Å²) in [6.07, 6.45) is 0.506. The lowest BCUT2D eigenvalue weighted by Gasteiger charge is -2.16. The van der Waals surface area contributed by atoms with Crippen molar-refractivity contribution in [2.45, 2.75) is 25.1 Å². The van der Waals surface area contributed by atoms with Gasteiger partial charge in [-0.2, -0.15) is 0 Å². The maximum atomic E-state index is 11.8. The number of amides is 1. The zero-order valence-corrected chi connectivity index (χ0v) is 14.1. The molecule has 108 valence electrons. The number of carbonyl (C=O) groups is 1. The van der Waals surface area contributed by atoms with Crippen LogP contribution in [-0.2, 0) is 11.2 Å². The summed E-state index contributed by atoms with van der Waals surface area (Å²) >= 11 is 3.82. The van der Waals surface area contributed by atoms with Crippen LogP contribution in [0.25, 0.3) is 0 Å². The van der Waals surface area contributed by atoms with E-state index >= 15 is 0 Å². The van der Waals surface area contributed by atoms with Crippen LogP contribution in [0, 0.1) is 13.8 Å². The fourth-order valence-corrected chi connectivity index (χ4v) is 3.64. The monoisotopic (exact) mass is 343 g/mol. The molecule has 2 aromatic rings. The smallest absolute Gasteiger partial charge is 0.231 e. The molecule has 3 rings (SSSR count). The van der Waals surface area contributed by atoms with E-state index in [2.05, 4.69) is 66.2 Å². The molecule has 0 spiro atoms. The van der Waals surface area contributed by atoms with Crippen molar-refractivity contribution in [2.24, 2.45) is 0 Å². The summed E-state index contributed by atoms with van der Waals surface area (Å²) in [5.74, 6) is 0.167. The number of carbonyl (C=O) groups excluding carboxylic acids is 1. The van der Waals surface area contributed by atoms with Crippen molar-refractivity contribution in [1.29, 1.82) is 0 Å². The largest absolute Gasteiger partial charge is 0.315 e. The van der Waals surface area contributed by atoms with Gasteiger partial charge in [-0.05, 0) is 42.2 Å². The van der Waals surface area contributed by atoms with Gasteiger partial charge >= 0.3 is 0 Å². The second-order valence-corrected chi connectivity index (χ2v) is 6.66. The molecule has 1 atom stereocenters. The Kier molecular flexibility index (Phi) is 3.62. The van der Waals surface area contributed by atoms with E-state index in [1.54, 1.807) is 4.90 Å². The van der Waals surface area contributed by atoms with Gasteiger partial charge in [-0.3, -0.25) is 4.79 Å². The third-order valence-electron chi connectivity index (χ3n) is 4.18. The molecule has 0 bridgehead atoms. The Bertz CT molecular complexity index is 723. The third kappa shape index (κ3) is 2.51. The van der Waals surface area contributed by atoms with Gasteiger partial charge in [-0.1, -0.05) is 51.8 Å². The van der Waals surface area contributed by atoms with Gasteiger partial charge in [0, 0.05) is 12.7 Å². The summed E-state index contributed by atoms with van der Waals surface area (Å²) in [6.45, 7) is 4.24. The van der Waals surface area contributed by atoms with Crippen LogP contribution in [0.4, 0.5) is 5.69 Å². The van der Waals surface area contributed by atoms with Crippen molar-refractivity contribution in [2.75, 3.05) is 11.9 Å². The molecule has 3 heteroatoms. The number of likely N-dealkylation sites (N-methyl/N-ethyl adjacent to an activating group) is 1. The molecule has 0 fully saturated rings. The van der Waals surface area contributed by atoms with Crippen molar-refractivity contribution in [1.82, 2.24) is 0 Å². The quantitative estimate of drug-likeness (QED) is 0.744. The number of fused-ring (bicyclic) bond motifs is 1. The Labute approximate surface area is 133 Å². The normalized spacial score (nSPS) is 15.2. The molecule has 1 amide bonds. The molecular formula is C18H18BrNO. The van der Waals surface area contributed by atoms with E-state index < -0.39 is 0 Å². The van der Waals surface area contributed by atoms with Crippen LogP contribution in [0.15, 0.2) is 36.4 Å². The molecule has 1 aliphatic rings. The van der Waals surface area contributed by atoms with Crippen molar-refractivity contribution in [3.8, 4) is 0 Å². The van der Waals surface area contributed by atoms with Gasteiger partial charge < -0.3 is 4.90 Å². The lowest BCUT2D eigenvalue weighted by molar-refractivity contribution is -0.117. The SMILES string of the molecule is Cc1ccc(C)c(C(Br)c2ccc3c(c2)CC(=O)N3C)c1. The number of hydrogen-bond acceptors (Lipinski definition) is 1. The van der Waals surface area contributed by atoms with Gasteiger partial charge in [0.1, 0.15) is 0 Å². The Hall–Kier alpha value is -1.61. The average Bonchev–Trinajstić information content (AvgIpc) is 2.75. The molecule has 0 radical (unpaired) electrons. The van der Waals surface area contributed by atoms with Crippen molar-refractivity contribution >= 4 is 27.5 Å². The molecule has 1 heterocycles. The van der Waals surface area contributed by atoms with E-state index in [1.165, 1.54) is 22.3 Å². The van der Waals surface area contributed by atoms with Crippen molar-refractivity contribution < 1.29 is 4.79 Å². The van der Waals surface area contributed by atoms with Gasteiger partial charge in [-0.25, -0.2) is 0 Å². The molecule has 0 saturated carbocycles. The highest BCUT2D eigenvalue weighted by Gasteiger charge is 2.25. The highest BCUT2D eigenvalue weighted by Crippen LogP contribution is 2.37. The molecule has 2 nitrogen and oxygen atoms in total. The van der Waals surface area contributed by atoms with E-state index in [4.69, 9.17) is 0 Å². The van der Waals surface area contributed by atoms with Crippen LogP contribution in [0.5, 0.6) is 0 Å². The molecule has 1 unspecified atom stereocenters. The maximum absolute atomic E-state index is 11.8. The van der Waals surface area contributed by atoms with Gasteiger partial charge in [0.05, 0.1) is 11.2 Å². The first-order valence-corrected chi connectivity index (χ1v) is 7.99. The third-order valence-corrected chi connectivity index (χ3v) is 5.20. The molecule has 0 N–H and O–H groups in total. The topological polar surface area (TPSA) is 20.3 Å². The number of halogens is 1. The molecule has 0 aliphatic carbocycles. The Morgan fingerprint density at radius 1 is 1.14 bits per heavy atom. The maximum Gasteiger partial charge on any atom is 0.231 e. The van der Waals surface area contributed by atoms with Gasteiger partial charge in [0.2, 0.25) is 5.91 Å². The molecule has 2 aromatic carbocycles. The number of anilines is 1. The van der Waals surface area contributed by atoms with Crippen LogP contribution in [0.3, 0.4) is 0 Å².